The van der Waals surface area contributed by atoms with Crippen LogP contribution in [-0.2, 0) is 0 Å². The quantitative estimate of drug-likeness (QED) is 0.425. The summed E-state index contributed by atoms with van der Waals surface area (Å²) < 4.78 is 0. The smallest absolute Gasteiger partial charge is 0.0351 e. The second kappa shape index (κ2) is 12.9. The maximum atomic E-state index is 2.40. The summed E-state index contributed by atoms with van der Waals surface area (Å²) in [5, 5.41) is 0. The first-order valence-electron chi connectivity index (χ1n) is 8.30. The Morgan fingerprint density at radius 3 is 0.833 bits per heavy atom. The van der Waals surface area contributed by atoms with Gasteiger partial charge >= 0.3 is 0 Å². The second-order valence-corrected chi connectivity index (χ2v) is 5.63. The molecule has 0 aromatic heterocycles. The van der Waals surface area contributed by atoms with Gasteiger partial charge in [-0.2, -0.15) is 0 Å². The Balaban J connectivity index is 2.12. The highest BCUT2D eigenvalue weighted by Gasteiger charge is 1.92. The maximum absolute atomic E-state index is 2.40. The largest absolute Gasteiger partial charge is 0.0885 e. The molecule has 0 fully saturated rings. The molecule has 0 heteroatoms. The van der Waals surface area contributed by atoms with Crippen LogP contribution in [0.5, 0.6) is 0 Å². The van der Waals surface area contributed by atoms with Gasteiger partial charge in [-0.25, -0.2) is 0 Å². The molecule has 0 bridgehead atoms. The predicted octanol–water partition coefficient (Wildman–Crippen LogP) is 6.57. The average molecular weight is 248 g/mol. The molecule has 0 N–H and O–H groups in total. The molecule has 1 rings (SSSR count). The molecule has 0 aromatic carbocycles. The maximum Gasteiger partial charge on any atom is -0.0351 e. The first kappa shape index (κ1) is 15.5. The van der Waals surface area contributed by atoms with Crippen molar-refractivity contribution in [2.75, 3.05) is 0 Å². The average Bonchev–Trinajstić information content (AvgIpc) is 2.39. The Kier molecular flexibility index (Phi) is 11.2. The minimum absolute atomic E-state index is 1.29. The molecule has 1 aliphatic carbocycles. The summed E-state index contributed by atoms with van der Waals surface area (Å²) in [4.78, 5) is 0. The third-order valence-electron chi connectivity index (χ3n) is 3.82. The van der Waals surface area contributed by atoms with E-state index in [1.54, 1.807) is 0 Å². The zero-order chi connectivity index (χ0) is 12.7. The molecule has 0 heterocycles. The van der Waals surface area contributed by atoms with Gasteiger partial charge < -0.3 is 0 Å². The lowest BCUT2D eigenvalue weighted by Gasteiger charge is -2.01. The lowest BCUT2D eigenvalue weighted by atomic mass is 10.1. The van der Waals surface area contributed by atoms with Gasteiger partial charge in [0.1, 0.15) is 0 Å². The Bertz CT molecular complexity index is 188. The Hall–Kier alpha value is -0.520. The fourth-order valence-electron chi connectivity index (χ4n) is 2.58. The third-order valence-corrected chi connectivity index (χ3v) is 3.82. The summed E-state index contributed by atoms with van der Waals surface area (Å²) >= 11 is 0. The Morgan fingerprint density at radius 2 is 0.500 bits per heavy atom. The van der Waals surface area contributed by atoms with Crippen molar-refractivity contribution in [1.82, 2.24) is 0 Å². The monoisotopic (exact) mass is 248 g/mol. The molecular weight excluding hydrogens is 216 g/mol. The van der Waals surface area contributed by atoms with Crippen LogP contribution in [-0.4, -0.2) is 0 Å². The van der Waals surface area contributed by atoms with Gasteiger partial charge in [-0.15, -0.1) is 0 Å². The summed E-state index contributed by atoms with van der Waals surface area (Å²) in [6.07, 6.45) is 29.0. The van der Waals surface area contributed by atoms with E-state index in [-0.39, 0.29) is 0 Å². The van der Waals surface area contributed by atoms with E-state index < -0.39 is 0 Å². The van der Waals surface area contributed by atoms with E-state index in [9.17, 15) is 0 Å². The lowest BCUT2D eigenvalue weighted by Crippen LogP contribution is -1.81. The molecular formula is C18H32. The first-order chi connectivity index (χ1) is 9.00. The van der Waals surface area contributed by atoms with Gasteiger partial charge in [0.05, 0.1) is 0 Å². The molecule has 0 amide bonds. The fourth-order valence-corrected chi connectivity index (χ4v) is 2.58. The van der Waals surface area contributed by atoms with Crippen molar-refractivity contribution < 1.29 is 0 Å². The zero-order valence-corrected chi connectivity index (χ0v) is 12.2. The normalized spacial score (nSPS) is 25.8. The van der Waals surface area contributed by atoms with Crippen LogP contribution in [0.1, 0.15) is 89.9 Å². The summed E-state index contributed by atoms with van der Waals surface area (Å²) in [5.74, 6) is 0. The standard InChI is InChI=1S/C18H32/c1-2-4-6-8-10-12-14-16-18-17-15-13-11-9-7-5-3-1/h1-2,11,13H,3-10,12,14-18H2/b2-1-,13-11-. The Morgan fingerprint density at radius 1 is 0.278 bits per heavy atom. The van der Waals surface area contributed by atoms with E-state index >= 15 is 0 Å². The van der Waals surface area contributed by atoms with Crippen LogP contribution in [0.2, 0.25) is 0 Å². The van der Waals surface area contributed by atoms with Gasteiger partial charge in [0.25, 0.3) is 0 Å². The molecule has 0 aromatic rings. The molecule has 0 nitrogen and oxygen atoms in total. The van der Waals surface area contributed by atoms with E-state index in [0.717, 1.165) is 0 Å². The molecule has 0 spiro atoms. The third kappa shape index (κ3) is 10.6. The molecule has 0 radical (unpaired) electrons. The van der Waals surface area contributed by atoms with Crippen molar-refractivity contribution in [3.8, 4) is 0 Å². The van der Waals surface area contributed by atoms with E-state index in [0.29, 0.717) is 0 Å². The van der Waals surface area contributed by atoms with Crippen LogP contribution < -0.4 is 0 Å². The molecule has 0 atom stereocenters. The van der Waals surface area contributed by atoms with E-state index in [4.69, 9.17) is 0 Å². The van der Waals surface area contributed by atoms with E-state index in [1.807, 2.05) is 0 Å². The molecule has 1 aliphatic rings. The lowest BCUT2D eigenvalue weighted by molar-refractivity contribution is 0.570. The highest BCUT2D eigenvalue weighted by molar-refractivity contribution is 4.84. The van der Waals surface area contributed by atoms with Gasteiger partial charge in [-0.3, -0.25) is 0 Å². The number of rotatable bonds is 0. The summed E-state index contributed by atoms with van der Waals surface area (Å²) in [6.45, 7) is 0. The van der Waals surface area contributed by atoms with Gasteiger partial charge in [-0.05, 0) is 51.4 Å². The van der Waals surface area contributed by atoms with Crippen LogP contribution in [0.15, 0.2) is 24.3 Å². The van der Waals surface area contributed by atoms with Gasteiger partial charge in [0.2, 0.25) is 0 Å². The van der Waals surface area contributed by atoms with Crippen molar-refractivity contribution >= 4 is 0 Å². The molecule has 18 heavy (non-hydrogen) atoms. The topological polar surface area (TPSA) is 0 Å². The van der Waals surface area contributed by atoms with Gasteiger partial charge in [0.15, 0.2) is 0 Å². The van der Waals surface area contributed by atoms with Crippen LogP contribution in [0, 0.1) is 0 Å². The van der Waals surface area contributed by atoms with E-state index in [2.05, 4.69) is 24.3 Å². The van der Waals surface area contributed by atoms with Gasteiger partial charge in [-0.1, -0.05) is 62.8 Å². The zero-order valence-electron chi connectivity index (χ0n) is 12.2. The molecule has 0 saturated carbocycles. The van der Waals surface area contributed by atoms with Crippen LogP contribution in [0.25, 0.3) is 0 Å². The molecule has 104 valence electrons. The van der Waals surface area contributed by atoms with Crippen LogP contribution >= 0.6 is 0 Å². The summed E-state index contributed by atoms with van der Waals surface area (Å²) in [7, 11) is 0. The first-order valence-corrected chi connectivity index (χ1v) is 8.30. The second-order valence-electron chi connectivity index (χ2n) is 5.63. The SMILES string of the molecule is C1=C\CCCCCCCCCC/C=C\CCCC/1. The molecule has 0 saturated heterocycles. The highest BCUT2D eigenvalue weighted by atomic mass is 14.0. The minimum Gasteiger partial charge on any atom is -0.0885 e. The molecule has 0 unspecified atom stereocenters. The van der Waals surface area contributed by atoms with Crippen molar-refractivity contribution in [3.63, 3.8) is 0 Å². The minimum atomic E-state index is 1.29. The highest BCUT2D eigenvalue weighted by Crippen LogP contribution is 2.12. The predicted molar refractivity (Wildman–Crippen MR) is 82.9 cm³/mol. The van der Waals surface area contributed by atoms with Crippen molar-refractivity contribution in [3.05, 3.63) is 24.3 Å². The van der Waals surface area contributed by atoms with E-state index in [1.165, 1.54) is 89.9 Å². The fraction of sp³-hybridized carbons (Fsp3) is 0.778. The number of hydrogen-bond donors (Lipinski definition) is 0. The number of allylic oxidation sites excluding steroid dienone is 4. The Labute approximate surface area is 115 Å². The molecule has 0 aliphatic heterocycles. The van der Waals surface area contributed by atoms with Crippen LogP contribution in [0.3, 0.4) is 0 Å². The van der Waals surface area contributed by atoms with Crippen molar-refractivity contribution in [2.24, 2.45) is 0 Å². The van der Waals surface area contributed by atoms with Crippen molar-refractivity contribution in [1.29, 1.82) is 0 Å². The van der Waals surface area contributed by atoms with Crippen molar-refractivity contribution in [2.45, 2.75) is 89.9 Å². The summed E-state index contributed by atoms with van der Waals surface area (Å²) in [6, 6.07) is 0. The van der Waals surface area contributed by atoms with Gasteiger partial charge in [0, 0.05) is 0 Å². The number of hydrogen-bond acceptors (Lipinski definition) is 0. The van der Waals surface area contributed by atoms with Crippen LogP contribution in [0.4, 0.5) is 0 Å². The summed E-state index contributed by atoms with van der Waals surface area (Å²) in [5.41, 5.74) is 0.